The van der Waals surface area contributed by atoms with Crippen molar-refractivity contribution in [3.63, 3.8) is 0 Å². The Morgan fingerprint density at radius 1 is 1.03 bits per heavy atom. The number of carbonyl (C=O) groups is 1. The van der Waals surface area contributed by atoms with Crippen LogP contribution in [0.5, 0.6) is 0 Å². The van der Waals surface area contributed by atoms with Crippen molar-refractivity contribution in [2.75, 3.05) is 13.6 Å². The van der Waals surface area contributed by atoms with Gasteiger partial charge in [-0.05, 0) is 42.5 Å². The Bertz CT molecular complexity index is 1360. The third-order valence-electron chi connectivity index (χ3n) is 5.53. The molecule has 5 rings (SSSR count). The van der Waals surface area contributed by atoms with E-state index in [0.717, 1.165) is 40.4 Å². The summed E-state index contributed by atoms with van der Waals surface area (Å²) in [4.78, 5) is 20.4. The zero-order valence-corrected chi connectivity index (χ0v) is 19.6. The Morgan fingerprint density at radius 2 is 1.79 bits per heavy atom. The van der Waals surface area contributed by atoms with Gasteiger partial charge in [-0.25, -0.2) is 9.67 Å². The molecule has 34 heavy (non-hydrogen) atoms. The average molecular weight is 469 g/mol. The first-order valence-electron chi connectivity index (χ1n) is 11.1. The quantitative estimate of drug-likeness (QED) is 0.344. The first kappa shape index (κ1) is 21.8. The van der Waals surface area contributed by atoms with Crippen LogP contribution in [0.25, 0.3) is 27.6 Å². The number of thiophene rings is 1. The number of hydrogen-bond acceptors (Lipinski definition) is 5. The van der Waals surface area contributed by atoms with Crippen LogP contribution in [0, 0.1) is 0 Å². The van der Waals surface area contributed by atoms with Crippen molar-refractivity contribution < 1.29 is 4.79 Å². The molecule has 0 aliphatic carbocycles. The monoisotopic (exact) mass is 468 g/mol. The molecule has 0 bridgehead atoms. The van der Waals surface area contributed by atoms with E-state index in [4.69, 9.17) is 0 Å². The molecule has 0 radical (unpaired) electrons. The van der Waals surface area contributed by atoms with Crippen molar-refractivity contribution in [3.05, 3.63) is 95.8 Å². The van der Waals surface area contributed by atoms with E-state index in [-0.39, 0.29) is 11.7 Å². The van der Waals surface area contributed by atoms with Gasteiger partial charge < -0.3 is 4.90 Å². The number of aryl methyl sites for hydroxylation is 1. The molecule has 0 aliphatic heterocycles. The van der Waals surface area contributed by atoms with Gasteiger partial charge in [-0.1, -0.05) is 54.6 Å². The van der Waals surface area contributed by atoms with Crippen LogP contribution in [-0.4, -0.2) is 49.4 Å². The van der Waals surface area contributed by atoms with Gasteiger partial charge in [0, 0.05) is 24.8 Å². The summed E-state index contributed by atoms with van der Waals surface area (Å²) >= 11 is 1.57. The predicted octanol–water partition coefficient (Wildman–Crippen LogP) is 5.09. The zero-order chi connectivity index (χ0) is 23.3. The van der Waals surface area contributed by atoms with Crippen LogP contribution in [0.1, 0.15) is 22.7 Å². The van der Waals surface area contributed by atoms with Gasteiger partial charge in [0.05, 0.1) is 16.3 Å². The molecular weight excluding hydrogens is 444 g/mol. The van der Waals surface area contributed by atoms with Crippen molar-refractivity contribution >= 4 is 17.2 Å². The topological polar surface area (TPSA) is 79.7 Å². The van der Waals surface area contributed by atoms with E-state index in [9.17, 15) is 4.79 Å². The lowest BCUT2D eigenvalue weighted by Gasteiger charge is -2.14. The minimum absolute atomic E-state index is 0.193. The Hall–Kier alpha value is -4.04. The third kappa shape index (κ3) is 4.67. The number of nitrogens with one attached hydrogen (secondary N) is 1. The molecule has 170 valence electrons. The Balaban J connectivity index is 1.26. The van der Waals surface area contributed by atoms with E-state index < -0.39 is 0 Å². The number of aromatic amines is 1. The number of amides is 1. The molecule has 1 N–H and O–H groups in total. The van der Waals surface area contributed by atoms with Crippen LogP contribution in [0.2, 0.25) is 0 Å². The average Bonchev–Trinajstić information content (AvgIpc) is 3.65. The Kier molecular flexibility index (Phi) is 6.31. The first-order valence-corrected chi connectivity index (χ1v) is 12.0. The second kappa shape index (κ2) is 9.84. The van der Waals surface area contributed by atoms with Crippen LogP contribution in [0.4, 0.5) is 0 Å². The molecule has 0 spiro atoms. The van der Waals surface area contributed by atoms with Crippen LogP contribution in [0.3, 0.4) is 0 Å². The lowest BCUT2D eigenvalue weighted by molar-refractivity contribution is 0.0781. The number of H-pyrrole nitrogens is 1. The molecular formula is C26H24N6OS. The minimum Gasteiger partial charge on any atom is -0.339 e. The highest BCUT2D eigenvalue weighted by atomic mass is 32.1. The Labute approximate surface area is 201 Å². The summed E-state index contributed by atoms with van der Waals surface area (Å²) < 4.78 is 1.74. The fraction of sp³-hybridized carbons (Fsp3) is 0.154. The van der Waals surface area contributed by atoms with E-state index in [1.165, 1.54) is 0 Å². The second-order valence-corrected chi connectivity index (χ2v) is 8.91. The van der Waals surface area contributed by atoms with Gasteiger partial charge in [-0.15, -0.1) is 16.4 Å². The van der Waals surface area contributed by atoms with Crippen molar-refractivity contribution in [2.24, 2.45) is 0 Å². The molecule has 0 saturated carbocycles. The molecule has 0 aliphatic rings. The summed E-state index contributed by atoms with van der Waals surface area (Å²) in [6, 6.07) is 25.8. The lowest BCUT2D eigenvalue weighted by atomic mass is 10.1. The molecule has 8 heteroatoms. The maximum atomic E-state index is 13.1. The normalized spacial score (nSPS) is 11.0. The largest absolute Gasteiger partial charge is 0.339 e. The van der Waals surface area contributed by atoms with Gasteiger partial charge in [0.25, 0.3) is 5.91 Å². The van der Waals surface area contributed by atoms with Gasteiger partial charge >= 0.3 is 0 Å². The van der Waals surface area contributed by atoms with Gasteiger partial charge in [-0.3, -0.25) is 9.89 Å². The summed E-state index contributed by atoms with van der Waals surface area (Å²) in [5.41, 5.74) is 3.93. The van der Waals surface area contributed by atoms with Gasteiger partial charge in [-0.2, -0.15) is 5.10 Å². The van der Waals surface area contributed by atoms with E-state index in [0.29, 0.717) is 12.4 Å². The zero-order valence-electron chi connectivity index (χ0n) is 18.8. The van der Waals surface area contributed by atoms with Crippen LogP contribution >= 0.6 is 11.3 Å². The molecule has 0 fully saturated rings. The molecule has 5 aromatic rings. The van der Waals surface area contributed by atoms with Crippen molar-refractivity contribution in [1.82, 2.24) is 29.9 Å². The third-order valence-corrected chi connectivity index (χ3v) is 6.39. The van der Waals surface area contributed by atoms with E-state index in [1.807, 2.05) is 78.2 Å². The molecule has 1 amide bonds. The number of rotatable bonds is 8. The fourth-order valence-corrected chi connectivity index (χ4v) is 4.44. The highest BCUT2D eigenvalue weighted by Gasteiger charge is 2.22. The smallest absolute Gasteiger partial charge is 0.293 e. The molecule has 3 heterocycles. The van der Waals surface area contributed by atoms with Crippen molar-refractivity contribution in [2.45, 2.75) is 12.8 Å². The highest BCUT2D eigenvalue weighted by molar-refractivity contribution is 7.13. The standard InChI is InChI=1S/C26H24N6OS/c1-31(16-8-12-20-18-22(29-28-20)19-10-4-2-5-11-19)26(33)24-27-25(23-15-9-17-34-23)32(30-24)21-13-6-3-7-14-21/h2-7,9-11,13-15,17-18H,8,12,16H2,1H3,(H,28,29). The minimum atomic E-state index is -0.193. The summed E-state index contributed by atoms with van der Waals surface area (Å²) in [6.45, 7) is 0.590. The number of hydrogen-bond donors (Lipinski definition) is 1. The first-order chi connectivity index (χ1) is 16.7. The summed E-state index contributed by atoms with van der Waals surface area (Å²) in [7, 11) is 1.79. The number of benzene rings is 2. The lowest BCUT2D eigenvalue weighted by Crippen LogP contribution is -2.29. The van der Waals surface area contributed by atoms with Gasteiger partial charge in [0.2, 0.25) is 5.82 Å². The number of para-hydroxylation sites is 1. The van der Waals surface area contributed by atoms with Crippen molar-refractivity contribution in [3.8, 4) is 27.6 Å². The fourth-order valence-electron chi connectivity index (χ4n) is 3.74. The number of carbonyl (C=O) groups excluding carboxylic acids is 1. The molecule has 2 aromatic carbocycles. The molecule has 0 atom stereocenters. The van der Waals surface area contributed by atoms with E-state index in [2.05, 4.69) is 26.3 Å². The van der Waals surface area contributed by atoms with Crippen LogP contribution < -0.4 is 0 Å². The predicted molar refractivity (Wildman–Crippen MR) is 134 cm³/mol. The molecule has 0 unspecified atom stereocenters. The number of nitrogens with zero attached hydrogens (tertiary/aromatic N) is 5. The van der Waals surface area contributed by atoms with Crippen molar-refractivity contribution in [1.29, 1.82) is 0 Å². The molecule has 7 nitrogen and oxygen atoms in total. The van der Waals surface area contributed by atoms with E-state index in [1.54, 1.807) is 28.0 Å². The Morgan fingerprint density at radius 3 is 2.53 bits per heavy atom. The summed E-state index contributed by atoms with van der Waals surface area (Å²) in [5, 5.41) is 14.1. The summed E-state index contributed by atoms with van der Waals surface area (Å²) in [5.74, 6) is 0.675. The maximum Gasteiger partial charge on any atom is 0.293 e. The van der Waals surface area contributed by atoms with Crippen LogP contribution in [0.15, 0.2) is 84.2 Å². The van der Waals surface area contributed by atoms with E-state index >= 15 is 0 Å². The van der Waals surface area contributed by atoms with Crippen LogP contribution in [-0.2, 0) is 6.42 Å². The molecule has 3 aromatic heterocycles. The highest BCUT2D eigenvalue weighted by Crippen LogP contribution is 2.26. The number of aromatic nitrogens is 5. The SMILES string of the molecule is CN(CCCc1cc(-c2ccccc2)n[nH]1)C(=O)c1nc(-c2cccs2)n(-c2ccccc2)n1. The summed E-state index contributed by atoms with van der Waals surface area (Å²) in [6.07, 6.45) is 1.60. The van der Waals surface area contributed by atoms with Gasteiger partial charge in [0.1, 0.15) is 0 Å². The van der Waals surface area contributed by atoms with Gasteiger partial charge in [0.15, 0.2) is 5.82 Å². The molecule has 0 saturated heterocycles. The second-order valence-electron chi connectivity index (χ2n) is 7.96. The maximum absolute atomic E-state index is 13.1.